The maximum Gasteiger partial charge on any atom is 0.263 e. The molecule has 1 aliphatic carbocycles. The molecule has 3 aromatic rings. The van der Waals surface area contributed by atoms with Crippen molar-refractivity contribution in [3.8, 4) is 0 Å². The Morgan fingerprint density at radius 3 is 2.56 bits per heavy atom. The molecule has 1 unspecified atom stereocenters. The third-order valence-electron chi connectivity index (χ3n) is 7.02. The maximum absolute atomic E-state index is 14.2. The number of anilines is 1. The molecule has 10 nitrogen and oxygen atoms in total. The van der Waals surface area contributed by atoms with Gasteiger partial charge in [-0.15, -0.1) is 0 Å². The van der Waals surface area contributed by atoms with Crippen LogP contribution in [-0.4, -0.2) is 42.1 Å². The largest absolute Gasteiger partial charge is 0.393 e. The summed E-state index contributed by atoms with van der Waals surface area (Å²) < 4.78 is 62.2. The van der Waals surface area contributed by atoms with Crippen LogP contribution < -0.4 is 21.3 Å². The van der Waals surface area contributed by atoms with E-state index in [1.165, 1.54) is 24.0 Å². The van der Waals surface area contributed by atoms with E-state index in [1.807, 2.05) is 0 Å². The first-order valence-electron chi connectivity index (χ1n) is 12.2. The molecule has 0 bridgehead atoms. The Morgan fingerprint density at radius 1 is 1.18 bits per heavy atom. The Hall–Kier alpha value is -3.65. The van der Waals surface area contributed by atoms with Crippen LogP contribution in [0, 0.1) is 11.6 Å². The van der Waals surface area contributed by atoms with Crippen molar-refractivity contribution < 1.29 is 27.0 Å². The highest BCUT2D eigenvalue weighted by Gasteiger charge is 2.35. The lowest BCUT2D eigenvalue weighted by Gasteiger charge is -2.33. The minimum absolute atomic E-state index is 0.120. The first kappa shape index (κ1) is 26.9. The maximum atomic E-state index is 14.2. The minimum Gasteiger partial charge on any atom is -0.393 e. The van der Waals surface area contributed by atoms with E-state index >= 15 is 0 Å². The van der Waals surface area contributed by atoms with Crippen molar-refractivity contribution in [2.45, 2.75) is 48.6 Å². The zero-order valence-corrected chi connectivity index (χ0v) is 21.7. The lowest BCUT2D eigenvalue weighted by atomic mass is 9.93. The number of rotatable bonds is 6. The lowest BCUT2D eigenvalue weighted by molar-refractivity contribution is 0.00381. The van der Waals surface area contributed by atoms with Crippen LogP contribution in [0.1, 0.15) is 37.3 Å². The second kappa shape index (κ2) is 10.2. The van der Waals surface area contributed by atoms with Gasteiger partial charge in [0.2, 0.25) is 21.8 Å². The number of allylic oxidation sites excluding steroid dienone is 2. The highest BCUT2D eigenvalue weighted by Crippen LogP contribution is 2.30. The Bertz CT molecular complexity index is 1670. The number of hydrogen-bond donors (Lipinski definition) is 4. The summed E-state index contributed by atoms with van der Waals surface area (Å²) in [5, 5.41) is 13.0. The molecule has 0 spiro atoms. The van der Waals surface area contributed by atoms with Gasteiger partial charge in [0.15, 0.2) is 0 Å². The van der Waals surface area contributed by atoms with Gasteiger partial charge in [-0.05, 0) is 67.2 Å². The first-order chi connectivity index (χ1) is 18.5. The number of nitrogens with one attached hydrogen (secondary N) is 2. The van der Waals surface area contributed by atoms with Crippen molar-refractivity contribution in [2.75, 3.05) is 12.8 Å². The zero-order valence-electron chi connectivity index (χ0n) is 20.9. The van der Waals surface area contributed by atoms with E-state index in [0.29, 0.717) is 53.8 Å². The monoisotopic (exact) mass is 559 g/mol. The summed E-state index contributed by atoms with van der Waals surface area (Å²) in [6.07, 6.45) is 6.47. The second-order valence-electron chi connectivity index (χ2n) is 9.54. The number of dihydropyridines is 1. The molecule has 2 aromatic carbocycles. The number of ether oxygens (including phenoxy) is 1. The van der Waals surface area contributed by atoms with Gasteiger partial charge >= 0.3 is 0 Å². The minimum atomic E-state index is -4.46. The zero-order chi connectivity index (χ0) is 27.9. The van der Waals surface area contributed by atoms with Gasteiger partial charge in [-0.2, -0.15) is 4.72 Å². The number of aromatic nitrogens is 2. The molecule has 206 valence electrons. The summed E-state index contributed by atoms with van der Waals surface area (Å²) in [7, 11) is -3.21. The van der Waals surface area contributed by atoms with Crippen LogP contribution in [0.2, 0.25) is 0 Å². The fraction of sp³-hybridized carbons (Fsp3) is 0.308. The highest BCUT2D eigenvalue weighted by atomic mass is 32.2. The van der Waals surface area contributed by atoms with Gasteiger partial charge in [0, 0.05) is 25.4 Å². The molecule has 5 N–H and O–H groups in total. The molecule has 1 atom stereocenters. The molecule has 1 saturated carbocycles. The molecule has 0 saturated heterocycles. The van der Waals surface area contributed by atoms with E-state index in [1.54, 1.807) is 24.3 Å². The quantitative estimate of drug-likeness (QED) is 0.337. The average Bonchev–Trinajstić information content (AvgIpc) is 2.89. The van der Waals surface area contributed by atoms with Gasteiger partial charge in [-0.3, -0.25) is 9.36 Å². The molecule has 2 aliphatic rings. The SMILES string of the molecule is COC1(NS(=O)(=O)c2ccc(F)cc2F)C=CC(c2ccc3nc(N)n(C4CCC(O)CC4)c(=O)c3c2)=CN1. The predicted molar refractivity (Wildman–Crippen MR) is 141 cm³/mol. The summed E-state index contributed by atoms with van der Waals surface area (Å²) in [4.78, 5) is 17.1. The molecule has 0 radical (unpaired) electrons. The third kappa shape index (κ3) is 5.17. The standard InChI is InChI=1S/C26H27F2N5O5S/c1-38-26(32-39(36,37)23-9-3-17(27)13-21(23)28)11-10-16(14-30-26)15-2-8-22-20(12-15)24(35)33(25(29)31-22)18-4-6-19(34)7-5-18/h2-3,8-14,18-19,30,32,34H,4-7H2,1H3,(H2,29,31). The summed E-state index contributed by atoms with van der Waals surface area (Å²) in [6.45, 7) is 0. The van der Waals surface area contributed by atoms with E-state index < -0.39 is 32.4 Å². The van der Waals surface area contributed by atoms with Gasteiger partial charge in [-0.1, -0.05) is 12.1 Å². The second-order valence-corrected chi connectivity index (χ2v) is 11.2. The molecule has 1 aliphatic heterocycles. The first-order valence-corrected chi connectivity index (χ1v) is 13.7. The number of nitrogens with zero attached hydrogens (tertiary/aromatic N) is 2. The van der Waals surface area contributed by atoms with Crippen LogP contribution in [0.25, 0.3) is 16.5 Å². The molecular weight excluding hydrogens is 532 g/mol. The molecule has 13 heteroatoms. The highest BCUT2D eigenvalue weighted by molar-refractivity contribution is 7.89. The average molecular weight is 560 g/mol. The Morgan fingerprint density at radius 2 is 1.92 bits per heavy atom. The number of nitrogens with two attached hydrogens (primary N) is 1. The van der Waals surface area contributed by atoms with E-state index in [2.05, 4.69) is 15.0 Å². The topological polar surface area (TPSA) is 149 Å². The molecule has 1 aromatic heterocycles. The molecular formula is C26H27F2N5O5S. The Labute approximate surface area is 222 Å². The summed E-state index contributed by atoms with van der Waals surface area (Å²) in [6, 6.07) is 7.07. The van der Waals surface area contributed by atoms with Gasteiger partial charge < -0.3 is 20.9 Å². The Balaban J connectivity index is 1.43. The number of aliphatic hydroxyl groups is 1. The third-order valence-corrected chi connectivity index (χ3v) is 8.51. The van der Waals surface area contributed by atoms with Crippen molar-refractivity contribution >= 4 is 32.4 Å². The molecule has 2 heterocycles. The number of halogens is 2. The Kier molecular flexibility index (Phi) is 7.01. The fourth-order valence-electron chi connectivity index (χ4n) is 4.91. The number of benzene rings is 2. The van der Waals surface area contributed by atoms with E-state index in [0.717, 1.165) is 12.1 Å². The van der Waals surface area contributed by atoms with Crippen molar-refractivity contribution in [3.63, 3.8) is 0 Å². The fourth-order valence-corrected chi connectivity index (χ4v) is 6.19. The summed E-state index contributed by atoms with van der Waals surface area (Å²) in [5.41, 5.74) is 7.52. The van der Waals surface area contributed by atoms with Crippen molar-refractivity contribution in [2.24, 2.45) is 0 Å². The van der Waals surface area contributed by atoms with E-state index in [9.17, 15) is 27.1 Å². The number of sulfonamides is 1. The molecule has 1 fully saturated rings. The number of aliphatic hydroxyl groups excluding tert-OH is 1. The van der Waals surface area contributed by atoms with Crippen LogP contribution in [-0.2, 0) is 14.8 Å². The van der Waals surface area contributed by atoms with Crippen LogP contribution >= 0.6 is 0 Å². The number of methoxy groups -OCH3 is 1. The molecule has 5 rings (SSSR count). The van der Waals surface area contributed by atoms with Crippen LogP contribution in [0.4, 0.5) is 14.7 Å². The number of fused-ring (bicyclic) bond motifs is 1. The van der Waals surface area contributed by atoms with E-state index in [-0.39, 0.29) is 23.7 Å². The molecule has 0 amide bonds. The summed E-state index contributed by atoms with van der Waals surface area (Å²) >= 11 is 0. The van der Waals surface area contributed by atoms with E-state index in [4.69, 9.17) is 10.5 Å². The van der Waals surface area contributed by atoms with Gasteiger partial charge in [0.1, 0.15) is 16.5 Å². The van der Waals surface area contributed by atoms with Crippen molar-refractivity contribution in [1.82, 2.24) is 19.6 Å². The summed E-state index contributed by atoms with van der Waals surface area (Å²) in [5.74, 6) is -3.79. The van der Waals surface area contributed by atoms with Gasteiger partial charge in [-0.25, -0.2) is 22.2 Å². The van der Waals surface area contributed by atoms with Crippen LogP contribution in [0.15, 0.2) is 64.4 Å². The van der Waals surface area contributed by atoms with Crippen LogP contribution in [0.3, 0.4) is 0 Å². The number of nitrogen functional groups attached to an aromatic ring is 1. The van der Waals surface area contributed by atoms with Crippen molar-refractivity contribution in [3.05, 3.63) is 82.3 Å². The predicted octanol–water partition coefficient (Wildman–Crippen LogP) is 2.51. The normalized spacial score (nSPS) is 23.4. The van der Waals surface area contributed by atoms with Gasteiger partial charge in [0.25, 0.3) is 5.56 Å². The van der Waals surface area contributed by atoms with Crippen LogP contribution in [0.5, 0.6) is 0 Å². The van der Waals surface area contributed by atoms with Gasteiger partial charge in [0.05, 0.1) is 17.0 Å². The smallest absolute Gasteiger partial charge is 0.263 e. The lowest BCUT2D eigenvalue weighted by Crippen LogP contribution is -2.57. The number of hydrogen-bond acceptors (Lipinski definition) is 8. The van der Waals surface area contributed by atoms with Crippen molar-refractivity contribution in [1.29, 1.82) is 0 Å². The molecule has 39 heavy (non-hydrogen) atoms.